The molecule has 5 aliphatic rings. The van der Waals surface area contributed by atoms with Crippen molar-refractivity contribution in [3.05, 3.63) is 12.2 Å². The zero-order chi connectivity index (χ0) is 17.9. The van der Waals surface area contributed by atoms with Gasteiger partial charge in [0.15, 0.2) is 0 Å². The highest BCUT2D eigenvalue weighted by molar-refractivity contribution is 5.85. The van der Waals surface area contributed by atoms with Gasteiger partial charge in [-0.15, -0.1) is 0 Å². The van der Waals surface area contributed by atoms with Crippen molar-refractivity contribution in [2.24, 2.45) is 34.5 Å². The topological polar surface area (TPSA) is 104 Å². The lowest BCUT2D eigenvalue weighted by Crippen LogP contribution is -2.60. The molecule has 0 aromatic carbocycles. The molecule has 4 bridgehead atoms. The monoisotopic (exact) mass is 348 g/mol. The van der Waals surface area contributed by atoms with Gasteiger partial charge in [-0.3, -0.25) is 9.59 Å². The third-order valence-corrected chi connectivity index (χ3v) is 8.52. The van der Waals surface area contributed by atoms with Crippen LogP contribution in [0, 0.1) is 34.5 Å². The van der Waals surface area contributed by atoms with E-state index in [1.807, 2.05) is 0 Å². The molecule has 4 saturated carbocycles. The number of aliphatic carboxylic acids is 1. The van der Waals surface area contributed by atoms with Crippen LogP contribution < -0.4 is 0 Å². The molecule has 3 N–H and O–H groups in total. The summed E-state index contributed by atoms with van der Waals surface area (Å²) in [5.41, 5.74) is -1.88. The van der Waals surface area contributed by atoms with Crippen LogP contribution in [-0.4, -0.2) is 45.1 Å². The normalized spacial score (nSPS) is 58.7. The smallest absolute Gasteiger partial charge is 0.315 e. The molecule has 6 nitrogen and oxygen atoms in total. The molecular weight excluding hydrogens is 324 g/mol. The zero-order valence-electron chi connectivity index (χ0n) is 14.3. The minimum absolute atomic E-state index is 0.0576. The molecule has 0 unspecified atom stereocenters. The molecule has 136 valence electrons. The largest absolute Gasteiger partial charge is 0.481 e. The summed E-state index contributed by atoms with van der Waals surface area (Å²) in [6.45, 7) is 5.81. The van der Waals surface area contributed by atoms with Gasteiger partial charge >= 0.3 is 11.9 Å². The van der Waals surface area contributed by atoms with E-state index in [1.54, 1.807) is 6.92 Å². The van der Waals surface area contributed by atoms with Crippen LogP contribution in [0.4, 0.5) is 0 Å². The van der Waals surface area contributed by atoms with Gasteiger partial charge in [-0.25, -0.2) is 0 Å². The Hall–Kier alpha value is -1.40. The number of carbonyl (C=O) groups is 2. The van der Waals surface area contributed by atoms with E-state index in [1.165, 1.54) is 0 Å². The minimum Gasteiger partial charge on any atom is -0.481 e. The first-order valence-electron chi connectivity index (χ1n) is 9.19. The number of carbonyl (C=O) groups excluding carboxylic acids is 1. The van der Waals surface area contributed by atoms with Crippen LogP contribution in [0.3, 0.4) is 0 Å². The molecule has 0 aromatic rings. The molecule has 0 aromatic heterocycles. The van der Waals surface area contributed by atoms with Crippen molar-refractivity contribution in [1.82, 2.24) is 0 Å². The number of ether oxygens (including phenoxy) is 1. The molecule has 9 atom stereocenters. The van der Waals surface area contributed by atoms with E-state index in [9.17, 15) is 24.9 Å². The van der Waals surface area contributed by atoms with Crippen molar-refractivity contribution >= 4 is 11.9 Å². The second kappa shape index (κ2) is 4.29. The Morgan fingerprint density at radius 2 is 2.00 bits per heavy atom. The summed E-state index contributed by atoms with van der Waals surface area (Å²) in [4.78, 5) is 25.2. The molecule has 4 aliphatic carbocycles. The van der Waals surface area contributed by atoms with Crippen LogP contribution in [0.2, 0.25) is 0 Å². The first kappa shape index (κ1) is 15.8. The number of esters is 1. The van der Waals surface area contributed by atoms with Crippen molar-refractivity contribution in [3.8, 4) is 0 Å². The van der Waals surface area contributed by atoms with Gasteiger partial charge in [0, 0.05) is 18.3 Å². The van der Waals surface area contributed by atoms with E-state index < -0.39 is 52.4 Å². The third kappa shape index (κ3) is 1.41. The molecule has 6 heteroatoms. The first-order chi connectivity index (χ1) is 11.7. The Morgan fingerprint density at radius 1 is 1.28 bits per heavy atom. The van der Waals surface area contributed by atoms with Crippen LogP contribution in [-0.2, 0) is 14.3 Å². The van der Waals surface area contributed by atoms with Crippen molar-refractivity contribution in [2.75, 3.05) is 0 Å². The fourth-order valence-corrected chi connectivity index (χ4v) is 7.63. The second-order valence-corrected chi connectivity index (χ2v) is 9.19. The number of rotatable bonds is 1. The molecule has 1 aliphatic heterocycles. The van der Waals surface area contributed by atoms with E-state index in [0.717, 1.165) is 24.8 Å². The van der Waals surface area contributed by atoms with Gasteiger partial charge < -0.3 is 20.1 Å². The summed E-state index contributed by atoms with van der Waals surface area (Å²) in [6, 6.07) is 0. The fourth-order valence-electron chi connectivity index (χ4n) is 7.63. The van der Waals surface area contributed by atoms with Crippen molar-refractivity contribution in [3.63, 3.8) is 0 Å². The van der Waals surface area contributed by atoms with Gasteiger partial charge in [-0.1, -0.05) is 12.2 Å². The Labute approximate surface area is 145 Å². The van der Waals surface area contributed by atoms with Crippen LogP contribution in [0.1, 0.15) is 39.0 Å². The Morgan fingerprint density at radius 3 is 2.68 bits per heavy atom. The molecule has 1 heterocycles. The molecule has 0 radical (unpaired) electrons. The predicted molar refractivity (Wildman–Crippen MR) is 85.2 cm³/mol. The highest BCUT2D eigenvalue weighted by Gasteiger charge is 2.85. The fraction of sp³-hybridized carbons (Fsp3) is 0.789. The van der Waals surface area contributed by atoms with Gasteiger partial charge in [0.05, 0.1) is 23.5 Å². The van der Waals surface area contributed by atoms with Gasteiger partial charge in [0.1, 0.15) is 5.60 Å². The van der Waals surface area contributed by atoms with Crippen molar-refractivity contribution < 1.29 is 29.6 Å². The van der Waals surface area contributed by atoms with Crippen LogP contribution in [0.5, 0.6) is 0 Å². The maximum atomic E-state index is 12.7. The lowest BCUT2D eigenvalue weighted by molar-refractivity contribution is -0.177. The first-order valence-corrected chi connectivity index (χ1v) is 9.19. The summed E-state index contributed by atoms with van der Waals surface area (Å²) in [7, 11) is 0. The van der Waals surface area contributed by atoms with Gasteiger partial charge in [-0.2, -0.15) is 0 Å². The standard InChI is InChI=1S/C19H24O6/c1-8-6-18-7-9(8)3-4-10(18)19-12(21)5-11(20)17(2,16(24)25-19)14(19)13(18)15(22)23/h9-14,20-21H,1,3-7H2,2H3,(H,22,23)/t9-,10+,11-,12+,13-,14-,17+,18-,19-/m1/s1. The lowest BCUT2D eigenvalue weighted by Gasteiger charge is -2.47. The third-order valence-electron chi connectivity index (χ3n) is 8.52. The highest BCUT2D eigenvalue weighted by Crippen LogP contribution is 2.77. The number of aliphatic hydroxyl groups is 2. The van der Waals surface area contributed by atoms with Gasteiger partial charge in [0.2, 0.25) is 0 Å². The quantitative estimate of drug-likeness (QED) is 0.484. The van der Waals surface area contributed by atoms with E-state index in [-0.39, 0.29) is 12.3 Å². The summed E-state index contributed by atoms with van der Waals surface area (Å²) in [5.74, 6) is -2.87. The Balaban J connectivity index is 1.78. The van der Waals surface area contributed by atoms with Crippen LogP contribution in [0.25, 0.3) is 0 Å². The number of hydrogen-bond acceptors (Lipinski definition) is 5. The summed E-state index contributed by atoms with van der Waals surface area (Å²) < 4.78 is 5.87. The van der Waals surface area contributed by atoms with Crippen molar-refractivity contribution in [2.45, 2.75) is 56.8 Å². The average molecular weight is 348 g/mol. The Bertz CT molecular complexity index is 717. The summed E-state index contributed by atoms with van der Waals surface area (Å²) in [6.07, 6.45) is 0.937. The molecule has 0 amide bonds. The highest BCUT2D eigenvalue weighted by atomic mass is 16.6. The molecular formula is C19H24O6. The average Bonchev–Trinajstić information content (AvgIpc) is 3.01. The Kier molecular flexibility index (Phi) is 2.71. The summed E-state index contributed by atoms with van der Waals surface area (Å²) >= 11 is 0. The molecule has 25 heavy (non-hydrogen) atoms. The summed E-state index contributed by atoms with van der Waals surface area (Å²) in [5, 5.41) is 31.7. The van der Waals surface area contributed by atoms with Crippen LogP contribution >= 0.6 is 0 Å². The number of allylic oxidation sites excluding steroid dienone is 1. The van der Waals surface area contributed by atoms with Crippen LogP contribution in [0.15, 0.2) is 12.2 Å². The SMILES string of the molecule is C=C1C[C@@]23C[C@H]1CC[C@@H]2[C@@]12OC(=O)[C@@](C)([C@H](O)C[C@@H]1O)[C@H]2[C@@H]3C(=O)O. The maximum absolute atomic E-state index is 12.7. The number of hydrogen-bond donors (Lipinski definition) is 3. The number of aliphatic hydroxyl groups excluding tert-OH is 2. The van der Waals surface area contributed by atoms with E-state index >= 15 is 0 Å². The van der Waals surface area contributed by atoms with Crippen molar-refractivity contribution in [1.29, 1.82) is 0 Å². The van der Waals surface area contributed by atoms with E-state index in [2.05, 4.69) is 6.58 Å². The molecule has 1 spiro atoms. The zero-order valence-corrected chi connectivity index (χ0v) is 14.3. The minimum atomic E-state index is -1.27. The lowest BCUT2D eigenvalue weighted by atomic mass is 9.58. The second-order valence-electron chi connectivity index (χ2n) is 9.19. The van der Waals surface area contributed by atoms with Gasteiger partial charge in [-0.05, 0) is 43.9 Å². The van der Waals surface area contributed by atoms with E-state index in [0.29, 0.717) is 12.3 Å². The number of carboxylic acids is 1. The molecule has 5 rings (SSSR count). The predicted octanol–water partition coefficient (Wildman–Crippen LogP) is 1.11. The molecule has 1 saturated heterocycles. The van der Waals surface area contributed by atoms with Gasteiger partial charge in [0.25, 0.3) is 0 Å². The maximum Gasteiger partial charge on any atom is 0.315 e. The number of fused-ring (bicyclic) bond motifs is 1. The number of carboxylic acid groups (broad SMARTS) is 1. The molecule has 5 fully saturated rings. The van der Waals surface area contributed by atoms with E-state index in [4.69, 9.17) is 4.74 Å².